The number of carboxylic acids is 1. The number of carbonyl (C=O) groups excluding carboxylic acids is 1. The highest BCUT2D eigenvalue weighted by Crippen LogP contribution is 2.39. The molecule has 1 fully saturated rings. The Balaban J connectivity index is 1.62. The van der Waals surface area contributed by atoms with Crippen LogP contribution in [0.15, 0.2) is 24.4 Å². The topological polar surface area (TPSA) is 102 Å². The summed E-state index contributed by atoms with van der Waals surface area (Å²) in [4.78, 5) is 34.6. The number of likely N-dealkylation sites (tertiary alicyclic amines) is 1. The molecule has 8 nitrogen and oxygen atoms in total. The Morgan fingerprint density at radius 3 is 2.70 bits per heavy atom. The predicted molar refractivity (Wildman–Crippen MR) is 93.8 cm³/mol. The highest BCUT2D eigenvalue weighted by atomic mass is 16.7. The second-order valence-corrected chi connectivity index (χ2v) is 6.79. The van der Waals surface area contributed by atoms with E-state index in [0.717, 1.165) is 5.56 Å². The molecule has 0 bridgehead atoms. The lowest BCUT2D eigenvalue weighted by Crippen LogP contribution is -2.30. The maximum atomic E-state index is 12.9. The number of aliphatic carboxylic acids is 1. The number of aromatic nitrogens is 2. The zero-order valence-electron chi connectivity index (χ0n) is 15.0. The monoisotopic (exact) mass is 369 g/mol. The van der Waals surface area contributed by atoms with Crippen LogP contribution < -0.4 is 9.47 Å². The summed E-state index contributed by atoms with van der Waals surface area (Å²) in [7, 11) is 0. The molecule has 1 aromatic carbocycles. The highest BCUT2D eigenvalue weighted by Gasteiger charge is 2.41. The van der Waals surface area contributed by atoms with E-state index in [1.165, 1.54) is 6.20 Å². The average molecular weight is 369 g/mol. The van der Waals surface area contributed by atoms with Crippen LogP contribution in [0.25, 0.3) is 0 Å². The van der Waals surface area contributed by atoms with Crippen molar-refractivity contribution >= 4 is 11.9 Å². The molecule has 27 heavy (non-hydrogen) atoms. The van der Waals surface area contributed by atoms with Crippen molar-refractivity contribution in [2.45, 2.75) is 19.8 Å². The molecule has 1 N–H and O–H groups in total. The van der Waals surface area contributed by atoms with E-state index in [0.29, 0.717) is 35.1 Å². The van der Waals surface area contributed by atoms with Crippen LogP contribution in [0.4, 0.5) is 0 Å². The molecule has 0 radical (unpaired) electrons. The van der Waals surface area contributed by atoms with E-state index in [-0.39, 0.29) is 25.2 Å². The van der Waals surface area contributed by atoms with Gasteiger partial charge in [-0.2, -0.15) is 0 Å². The van der Waals surface area contributed by atoms with E-state index in [4.69, 9.17) is 9.47 Å². The average Bonchev–Trinajstić information content (AvgIpc) is 3.27. The number of fused-ring (bicyclic) bond motifs is 1. The number of amides is 1. The number of rotatable bonds is 3. The van der Waals surface area contributed by atoms with Gasteiger partial charge in [-0.25, -0.2) is 9.97 Å². The minimum atomic E-state index is -0.926. The Morgan fingerprint density at radius 2 is 1.96 bits per heavy atom. The Hall–Kier alpha value is -3.16. The fraction of sp³-hybridized carbons (Fsp3) is 0.368. The number of aryl methyl sites for hydroxylation is 2. The van der Waals surface area contributed by atoms with Gasteiger partial charge in [0, 0.05) is 25.2 Å². The van der Waals surface area contributed by atoms with Crippen molar-refractivity contribution in [3.05, 3.63) is 47.0 Å². The second-order valence-electron chi connectivity index (χ2n) is 6.79. The van der Waals surface area contributed by atoms with E-state index < -0.39 is 11.9 Å². The van der Waals surface area contributed by atoms with Gasteiger partial charge in [-0.05, 0) is 31.5 Å². The van der Waals surface area contributed by atoms with Crippen molar-refractivity contribution in [2.75, 3.05) is 19.9 Å². The van der Waals surface area contributed by atoms with Gasteiger partial charge in [-0.15, -0.1) is 0 Å². The standard InChI is InChI=1S/C19H19N3O5/c1-10-13(6-20-11(2)21-10)18(23)22-7-14(15(8-22)19(24)25)12-3-4-16-17(5-12)27-9-26-16/h3-6,14-15H,7-9H2,1-2H3,(H,24,25)/t14-,15+/m1/s1. The van der Waals surface area contributed by atoms with Crippen molar-refractivity contribution in [1.29, 1.82) is 0 Å². The predicted octanol–water partition coefficient (Wildman–Crippen LogP) is 1.76. The Morgan fingerprint density at radius 1 is 1.19 bits per heavy atom. The van der Waals surface area contributed by atoms with Gasteiger partial charge in [0.05, 0.1) is 17.2 Å². The van der Waals surface area contributed by atoms with Crippen LogP contribution >= 0.6 is 0 Å². The van der Waals surface area contributed by atoms with E-state index in [1.807, 2.05) is 6.07 Å². The normalized spacial score (nSPS) is 20.7. The van der Waals surface area contributed by atoms with Gasteiger partial charge in [-0.3, -0.25) is 9.59 Å². The van der Waals surface area contributed by atoms with Crippen LogP contribution in [0.5, 0.6) is 11.5 Å². The molecule has 0 saturated carbocycles. The van der Waals surface area contributed by atoms with E-state index >= 15 is 0 Å². The first kappa shape index (κ1) is 17.3. The van der Waals surface area contributed by atoms with Crippen molar-refractivity contribution in [1.82, 2.24) is 14.9 Å². The molecule has 1 amide bonds. The van der Waals surface area contributed by atoms with E-state index in [1.54, 1.807) is 30.9 Å². The summed E-state index contributed by atoms with van der Waals surface area (Å²) in [6.45, 7) is 4.11. The summed E-state index contributed by atoms with van der Waals surface area (Å²) >= 11 is 0. The molecule has 2 atom stereocenters. The number of carboxylic acid groups (broad SMARTS) is 1. The van der Waals surface area contributed by atoms with Crippen LogP contribution in [0.2, 0.25) is 0 Å². The van der Waals surface area contributed by atoms with Crippen molar-refractivity contribution in [2.24, 2.45) is 5.92 Å². The van der Waals surface area contributed by atoms with Gasteiger partial charge in [0.25, 0.3) is 5.91 Å². The van der Waals surface area contributed by atoms with Gasteiger partial charge < -0.3 is 19.5 Å². The summed E-state index contributed by atoms with van der Waals surface area (Å²) in [5, 5.41) is 9.68. The lowest BCUT2D eigenvalue weighted by atomic mass is 9.89. The number of nitrogens with zero attached hydrogens (tertiary/aromatic N) is 3. The zero-order valence-corrected chi connectivity index (χ0v) is 15.0. The number of ether oxygens (including phenoxy) is 2. The van der Waals surface area contributed by atoms with Crippen LogP contribution in [-0.2, 0) is 4.79 Å². The Kier molecular flexibility index (Phi) is 4.18. The largest absolute Gasteiger partial charge is 0.481 e. The summed E-state index contributed by atoms with van der Waals surface area (Å²) in [6.07, 6.45) is 1.50. The van der Waals surface area contributed by atoms with Gasteiger partial charge in [0.2, 0.25) is 6.79 Å². The zero-order chi connectivity index (χ0) is 19.1. The third-order valence-electron chi connectivity index (χ3n) is 5.08. The molecule has 3 heterocycles. The third kappa shape index (κ3) is 3.07. The van der Waals surface area contributed by atoms with Crippen LogP contribution in [0.3, 0.4) is 0 Å². The minimum Gasteiger partial charge on any atom is -0.481 e. The molecule has 2 aliphatic heterocycles. The Bertz CT molecular complexity index is 930. The Labute approximate surface area is 155 Å². The molecular weight excluding hydrogens is 350 g/mol. The van der Waals surface area contributed by atoms with Crippen molar-refractivity contribution < 1.29 is 24.2 Å². The van der Waals surface area contributed by atoms with Crippen molar-refractivity contribution in [3.63, 3.8) is 0 Å². The van der Waals surface area contributed by atoms with Gasteiger partial charge in [-0.1, -0.05) is 6.07 Å². The summed E-state index contributed by atoms with van der Waals surface area (Å²) in [5.74, 6) is -0.360. The summed E-state index contributed by atoms with van der Waals surface area (Å²) in [6, 6.07) is 5.42. The maximum absolute atomic E-state index is 12.9. The fourth-order valence-corrected chi connectivity index (χ4v) is 3.66. The molecule has 4 rings (SSSR count). The first-order valence-corrected chi connectivity index (χ1v) is 8.66. The molecule has 0 unspecified atom stereocenters. The summed E-state index contributed by atoms with van der Waals surface area (Å²) in [5.41, 5.74) is 1.81. The molecule has 0 spiro atoms. The molecule has 1 saturated heterocycles. The SMILES string of the molecule is Cc1ncc(C(=O)N2C[C@H](C(=O)O)[C@@H](c3ccc4c(c3)OCO4)C2)c(C)n1. The van der Waals surface area contributed by atoms with E-state index in [2.05, 4.69) is 9.97 Å². The quantitative estimate of drug-likeness (QED) is 0.879. The van der Waals surface area contributed by atoms with Crippen molar-refractivity contribution in [3.8, 4) is 11.5 Å². The number of carbonyl (C=O) groups is 2. The third-order valence-corrected chi connectivity index (χ3v) is 5.08. The molecular formula is C19H19N3O5. The number of benzene rings is 1. The number of hydrogen-bond donors (Lipinski definition) is 1. The summed E-state index contributed by atoms with van der Waals surface area (Å²) < 4.78 is 10.7. The van der Waals surface area contributed by atoms with Gasteiger partial charge in [0.1, 0.15) is 5.82 Å². The first-order chi connectivity index (χ1) is 12.9. The van der Waals surface area contributed by atoms with Gasteiger partial charge >= 0.3 is 5.97 Å². The van der Waals surface area contributed by atoms with Crippen LogP contribution in [0.1, 0.15) is 33.4 Å². The van der Waals surface area contributed by atoms with E-state index in [9.17, 15) is 14.7 Å². The molecule has 8 heteroatoms. The fourth-order valence-electron chi connectivity index (χ4n) is 3.66. The highest BCUT2D eigenvalue weighted by molar-refractivity contribution is 5.95. The second kappa shape index (κ2) is 6.53. The molecule has 0 aliphatic carbocycles. The van der Waals surface area contributed by atoms with Gasteiger partial charge in [0.15, 0.2) is 11.5 Å². The first-order valence-electron chi connectivity index (χ1n) is 8.66. The lowest BCUT2D eigenvalue weighted by molar-refractivity contribution is -0.141. The molecule has 140 valence electrons. The molecule has 2 aromatic rings. The number of hydrogen-bond acceptors (Lipinski definition) is 6. The maximum Gasteiger partial charge on any atom is 0.308 e. The smallest absolute Gasteiger partial charge is 0.308 e. The van der Waals surface area contributed by atoms with Crippen LogP contribution in [-0.4, -0.2) is 51.7 Å². The molecule has 2 aliphatic rings. The molecule has 1 aromatic heterocycles. The minimum absolute atomic E-state index is 0.139. The lowest BCUT2D eigenvalue weighted by Gasteiger charge is -2.17. The van der Waals surface area contributed by atoms with Crippen LogP contribution in [0, 0.1) is 19.8 Å².